The molecule has 0 radical (unpaired) electrons. The third-order valence-corrected chi connectivity index (χ3v) is 4.61. The van der Waals surface area contributed by atoms with Gasteiger partial charge in [0.25, 0.3) is 0 Å². The van der Waals surface area contributed by atoms with Crippen LogP contribution < -0.4 is 0 Å². The predicted molar refractivity (Wildman–Crippen MR) is 89.7 cm³/mol. The molecule has 1 heterocycles. The maximum Gasteiger partial charge on any atom is 0.410 e. The minimum absolute atomic E-state index is 0.144. The number of ether oxygens (including phenoxy) is 1. The van der Waals surface area contributed by atoms with E-state index in [4.69, 9.17) is 4.74 Å². The lowest BCUT2D eigenvalue weighted by atomic mass is 9.89. The number of carbonyl (C=O) groups is 1. The van der Waals surface area contributed by atoms with Crippen LogP contribution in [0.25, 0.3) is 0 Å². The van der Waals surface area contributed by atoms with E-state index in [9.17, 15) is 14.3 Å². The minimum Gasteiger partial charge on any atom is -0.444 e. The van der Waals surface area contributed by atoms with Gasteiger partial charge in [-0.2, -0.15) is 0 Å². The van der Waals surface area contributed by atoms with Gasteiger partial charge in [-0.25, -0.2) is 9.18 Å². The van der Waals surface area contributed by atoms with Crippen LogP contribution in [-0.4, -0.2) is 40.9 Å². The summed E-state index contributed by atoms with van der Waals surface area (Å²) in [5, 5.41) is 10.2. The number of hydrogen-bond acceptors (Lipinski definition) is 3. The summed E-state index contributed by atoms with van der Waals surface area (Å²) in [6, 6.07) is 4.51. The molecular weight excluding hydrogens is 365 g/mol. The van der Waals surface area contributed by atoms with E-state index < -0.39 is 11.7 Å². The van der Waals surface area contributed by atoms with Crippen LogP contribution in [0.1, 0.15) is 32.8 Å². The molecule has 1 fully saturated rings. The highest BCUT2D eigenvalue weighted by Crippen LogP contribution is 2.27. The van der Waals surface area contributed by atoms with Crippen LogP contribution in [0.3, 0.4) is 0 Å². The lowest BCUT2D eigenvalue weighted by Gasteiger charge is -2.37. The number of carbonyl (C=O) groups excluding carboxylic acids is 1. The summed E-state index contributed by atoms with van der Waals surface area (Å²) < 4.78 is 19.6. The molecule has 0 aromatic heterocycles. The topological polar surface area (TPSA) is 49.8 Å². The average Bonchev–Trinajstić information content (AvgIpc) is 2.43. The fraction of sp³-hybridized carbons (Fsp3) is 0.588. The van der Waals surface area contributed by atoms with E-state index in [1.165, 1.54) is 12.1 Å². The number of likely N-dealkylation sites (tertiary alicyclic amines) is 1. The average molecular weight is 388 g/mol. The minimum atomic E-state index is -0.547. The fourth-order valence-corrected chi connectivity index (χ4v) is 3.10. The van der Waals surface area contributed by atoms with Crippen molar-refractivity contribution in [2.75, 3.05) is 13.1 Å². The zero-order valence-electron chi connectivity index (χ0n) is 13.7. The Morgan fingerprint density at radius 2 is 2.17 bits per heavy atom. The molecule has 4 nitrogen and oxygen atoms in total. The van der Waals surface area contributed by atoms with E-state index in [-0.39, 0.29) is 17.8 Å². The molecule has 23 heavy (non-hydrogen) atoms. The summed E-state index contributed by atoms with van der Waals surface area (Å²) in [4.78, 5) is 13.8. The van der Waals surface area contributed by atoms with Crippen LogP contribution in [0.2, 0.25) is 0 Å². The Kier molecular flexibility index (Phi) is 5.68. The normalized spacial score (nSPS) is 22.1. The van der Waals surface area contributed by atoms with Crippen LogP contribution >= 0.6 is 15.9 Å². The van der Waals surface area contributed by atoms with Gasteiger partial charge in [0.15, 0.2) is 0 Å². The highest BCUT2D eigenvalue weighted by atomic mass is 79.9. The van der Waals surface area contributed by atoms with Gasteiger partial charge < -0.3 is 14.7 Å². The van der Waals surface area contributed by atoms with E-state index >= 15 is 0 Å². The van der Waals surface area contributed by atoms with Gasteiger partial charge in [0, 0.05) is 23.5 Å². The Bertz CT molecular complexity index is 573. The molecule has 1 aliphatic rings. The molecule has 1 saturated heterocycles. The Morgan fingerprint density at radius 1 is 1.48 bits per heavy atom. The molecule has 0 bridgehead atoms. The summed E-state index contributed by atoms with van der Waals surface area (Å²) in [5.74, 6) is -0.452. The van der Waals surface area contributed by atoms with Crippen molar-refractivity contribution in [3.8, 4) is 0 Å². The smallest absolute Gasteiger partial charge is 0.410 e. The number of benzene rings is 1. The summed E-state index contributed by atoms with van der Waals surface area (Å²) >= 11 is 3.41. The first-order valence-electron chi connectivity index (χ1n) is 7.75. The molecule has 1 aromatic rings. The van der Waals surface area contributed by atoms with Crippen molar-refractivity contribution in [3.05, 3.63) is 34.1 Å². The first-order chi connectivity index (χ1) is 10.7. The highest BCUT2D eigenvalue weighted by molar-refractivity contribution is 9.10. The van der Waals surface area contributed by atoms with Gasteiger partial charge in [-0.1, -0.05) is 15.9 Å². The van der Waals surface area contributed by atoms with Gasteiger partial charge >= 0.3 is 6.09 Å². The van der Waals surface area contributed by atoms with Gasteiger partial charge in [0.1, 0.15) is 11.4 Å². The predicted octanol–water partition coefficient (Wildman–Crippen LogP) is 3.75. The molecule has 128 valence electrons. The molecule has 1 aromatic carbocycles. The van der Waals surface area contributed by atoms with E-state index in [1.807, 2.05) is 20.8 Å². The molecule has 0 spiro atoms. The lowest BCUT2D eigenvalue weighted by molar-refractivity contribution is -0.00828. The van der Waals surface area contributed by atoms with Crippen LogP contribution in [0, 0.1) is 11.7 Å². The second-order valence-corrected chi connectivity index (χ2v) is 7.84. The quantitative estimate of drug-likeness (QED) is 0.840. The standard InChI is InChI=1S/C17H23BrFNO3/c1-17(2,3)23-16(22)20-7-6-15(21)12(10-20)8-11-9-13(19)4-5-14(11)18/h4-5,9,12,15,21H,6-8,10H2,1-3H3. The van der Waals surface area contributed by atoms with Crippen molar-refractivity contribution >= 4 is 22.0 Å². The van der Waals surface area contributed by atoms with E-state index in [0.717, 1.165) is 10.0 Å². The van der Waals surface area contributed by atoms with Gasteiger partial charge in [0.05, 0.1) is 6.10 Å². The molecule has 1 amide bonds. The van der Waals surface area contributed by atoms with Gasteiger partial charge in [-0.05, 0) is 57.4 Å². The van der Waals surface area contributed by atoms with E-state index in [0.29, 0.717) is 25.9 Å². The Labute approximate surface area is 144 Å². The molecule has 2 atom stereocenters. The third kappa shape index (κ3) is 5.18. The first-order valence-corrected chi connectivity index (χ1v) is 8.55. The molecule has 1 N–H and O–H groups in total. The molecular formula is C17H23BrFNO3. The second-order valence-electron chi connectivity index (χ2n) is 6.98. The second kappa shape index (κ2) is 7.18. The summed E-state index contributed by atoms with van der Waals surface area (Å²) in [6.45, 7) is 6.34. The van der Waals surface area contributed by atoms with Crippen LogP contribution in [0.4, 0.5) is 9.18 Å². The fourth-order valence-electron chi connectivity index (χ4n) is 2.69. The number of hydrogen-bond donors (Lipinski definition) is 1. The number of rotatable bonds is 2. The number of amides is 1. The summed E-state index contributed by atoms with van der Waals surface area (Å²) in [5.41, 5.74) is 0.244. The molecule has 0 saturated carbocycles. The van der Waals surface area contributed by atoms with Gasteiger partial charge in [-0.15, -0.1) is 0 Å². The van der Waals surface area contributed by atoms with Crippen molar-refractivity contribution in [2.45, 2.75) is 45.3 Å². The molecule has 2 rings (SSSR count). The highest BCUT2D eigenvalue weighted by Gasteiger charge is 2.32. The van der Waals surface area contributed by atoms with Crippen molar-refractivity contribution in [2.24, 2.45) is 5.92 Å². The maximum atomic E-state index is 13.4. The Morgan fingerprint density at radius 3 is 2.83 bits per heavy atom. The lowest BCUT2D eigenvalue weighted by Crippen LogP contribution is -2.48. The zero-order valence-corrected chi connectivity index (χ0v) is 15.3. The molecule has 6 heteroatoms. The number of nitrogens with zero attached hydrogens (tertiary/aromatic N) is 1. The van der Waals surface area contributed by atoms with Crippen LogP contribution in [-0.2, 0) is 11.2 Å². The van der Waals surface area contributed by atoms with Crippen molar-refractivity contribution < 1.29 is 19.0 Å². The number of aliphatic hydroxyl groups is 1. The first kappa shape index (κ1) is 18.2. The SMILES string of the molecule is CC(C)(C)OC(=O)N1CCC(O)C(Cc2cc(F)ccc2Br)C1. The van der Waals surface area contributed by atoms with Gasteiger partial charge in [0.2, 0.25) is 0 Å². The van der Waals surface area contributed by atoms with Crippen molar-refractivity contribution in [3.63, 3.8) is 0 Å². The third-order valence-electron chi connectivity index (χ3n) is 3.84. The van der Waals surface area contributed by atoms with E-state index in [2.05, 4.69) is 15.9 Å². The largest absolute Gasteiger partial charge is 0.444 e. The number of halogens is 2. The molecule has 2 unspecified atom stereocenters. The zero-order chi connectivity index (χ0) is 17.2. The van der Waals surface area contributed by atoms with Gasteiger partial charge in [-0.3, -0.25) is 0 Å². The van der Waals surface area contributed by atoms with Crippen LogP contribution in [0.5, 0.6) is 0 Å². The monoisotopic (exact) mass is 387 g/mol. The molecule has 0 aliphatic carbocycles. The maximum absolute atomic E-state index is 13.4. The Hall–Kier alpha value is -1.14. The summed E-state index contributed by atoms with van der Waals surface area (Å²) in [6.07, 6.45) is 0.118. The number of aliphatic hydroxyl groups excluding tert-OH is 1. The van der Waals surface area contributed by atoms with Crippen molar-refractivity contribution in [1.29, 1.82) is 0 Å². The van der Waals surface area contributed by atoms with E-state index in [1.54, 1.807) is 11.0 Å². The van der Waals surface area contributed by atoms with Crippen LogP contribution in [0.15, 0.2) is 22.7 Å². The Balaban J connectivity index is 2.06. The summed E-state index contributed by atoms with van der Waals surface area (Å²) in [7, 11) is 0. The molecule has 1 aliphatic heterocycles. The van der Waals surface area contributed by atoms with Crippen molar-refractivity contribution in [1.82, 2.24) is 4.90 Å². The number of piperidine rings is 1.